The van der Waals surface area contributed by atoms with Crippen molar-refractivity contribution < 1.29 is 9.53 Å². The minimum atomic E-state index is -0.340. The minimum absolute atomic E-state index is 0.181. The molecule has 0 spiro atoms. The maximum absolute atomic E-state index is 12.2. The fraction of sp³-hybridized carbons (Fsp3) is 0.273. The smallest absolute Gasteiger partial charge is 0.331 e. The van der Waals surface area contributed by atoms with Gasteiger partial charge >= 0.3 is 5.97 Å². The predicted octanol–water partition coefficient (Wildman–Crippen LogP) is 4.04. The molecule has 26 heavy (non-hydrogen) atoms. The van der Waals surface area contributed by atoms with Gasteiger partial charge in [-0.05, 0) is 30.0 Å². The van der Waals surface area contributed by atoms with Crippen LogP contribution in [0.5, 0.6) is 0 Å². The van der Waals surface area contributed by atoms with Crippen LogP contribution in [-0.2, 0) is 29.4 Å². The summed E-state index contributed by atoms with van der Waals surface area (Å²) in [6, 6.07) is 8.32. The van der Waals surface area contributed by atoms with Crippen LogP contribution >= 0.6 is 0 Å². The van der Waals surface area contributed by atoms with E-state index in [0.717, 1.165) is 18.5 Å². The molecule has 1 aromatic heterocycles. The highest BCUT2D eigenvalue weighted by Gasteiger charge is 2.16. The SMILES string of the molecule is C=C1C/C=C\CC(OC(=O)/C=C/c2cn(C)cn2)Cc2ccccc2C1. The second kappa shape index (κ2) is 8.48. The molecule has 0 N–H and O–H groups in total. The number of fused-ring (bicyclic) bond motifs is 1. The molecule has 0 fully saturated rings. The number of carbonyl (C=O) groups excluding carboxylic acids is 1. The minimum Gasteiger partial charge on any atom is -0.459 e. The van der Waals surface area contributed by atoms with Crippen molar-refractivity contribution >= 4 is 12.0 Å². The van der Waals surface area contributed by atoms with Crippen LogP contribution in [0.15, 0.2) is 67.2 Å². The van der Waals surface area contributed by atoms with Gasteiger partial charge in [0.15, 0.2) is 0 Å². The van der Waals surface area contributed by atoms with Crippen LogP contribution in [0.1, 0.15) is 29.7 Å². The third kappa shape index (κ3) is 5.06. The molecule has 1 aliphatic carbocycles. The zero-order valence-corrected chi connectivity index (χ0v) is 15.1. The van der Waals surface area contributed by atoms with Gasteiger partial charge in [-0.15, -0.1) is 0 Å². The largest absolute Gasteiger partial charge is 0.459 e. The van der Waals surface area contributed by atoms with Gasteiger partial charge in [-0.25, -0.2) is 9.78 Å². The molecule has 4 nitrogen and oxygen atoms in total. The quantitative estimate of drug-likeness (QED) is 0.478. The molecule has 3 rings (SSSR count). The highest BCUT2D eigenvalue weighted by Crippen LogP contribution is 2.21. The Kier molecular flexibility index (Phi) is 5.84. The van der Waals surface area contributed by atoms with E-state index in [1.807, 2.05) is 29.9 Å². The lowest BCUT2D eigenvalue weighted by atomic mass is 9.93. The second-order valence-electron chi connectivity index (χ2n) is 6.67. The molecule has 1 heterocycles. The van der Waals surface area contributed by atoms with Crippen molar-refractivity contribution in [2.75, 3.05) is 0 Å². The molecule has 1 unspecified atom stereocenters. The Morgan fingerprint density at radius 2 is 2.12 bits per heavy atom. The zero-order chi connectivity index (χ0) is 18.4. The number of nitrogens with zero attached hydrogens (tertiary/aromatic N) is 2. The van der Waals surface area contributed by atoms with Crippen LogP contribution in [0.25, 0.3) is 6.08 Å². The number of carbonyl (C=O) groups is 1. The van der Waals surface area contributed by atoms with E-state index in [2.05, 4.69) is 35.8 Å². The molecule has 0 saturated heterocycles. The summed E-state index contributed by atoms with van der Waals surface area (Å²) < 4.78 is 7.54. The van der Waals surface area contributed by atoms with E-state index in [4.69, 9.17) is 4.74 Å². The van der Waals surface area contributed by atoms with Gasteiger partial charge in [0.25, 0.3) is 0 Å². The summed E-state index contributed by atoms with van der Waals surface area (Å²) in [4.78, 5) is 16.4. The monoisotopic (exact) mass is 348 g/mol. The number of imidazole rings is 1. The van der Waals surface area contributed by atoms with Crippen LogP contribution in [0.2, 0.25) is 0 Å². The van der Waals surface area contributed by atoms with E-state index in [1.165, 1.54) is 22.8 Å². The Balaban J connectivity index is 1.70. The maximum Gasteiger partial charge on any atom is 0.331 e. The lowest BCUT2D eigenvalue weighted by Crippen LogP contribution is -2.20. The molecule has 0 aliphatic heterocycles. The topological polar surface area (TPSA) is 44.1 Å². The van der Waals surface area contributed by atoms with Crippen molar-refractivity contribution in [3.8, 4) is 0 Å². The number of hydrogen-bond donors (Lipinski definition) is 0. The number of benzene rings is 1. The van der Waals surface area contributed by atoms with Crippen molar-refractivity contribution in [2.45, 2.75) is 31.8 Å². The Morgan fingerprint density at radius 1 is 1.31 bits per heavy atom. The van der Waals surface area contributed by atoms with E-state index in [-0.39, 0.29) is 12.1 Å². The highest BCUT2D eigenvalue weighted by atomic mass is 16.5. The average Bonchev–Trinajstić information content (AvgIpc) is 3.04. The molecular formula is C22H24N2O2. The lowest BCUT2D eigenvalue weighted by Gasteiger charge is -2.19. The first-order valence-corrected chi connectivity index (χ1v) is 8.85. The van der Waals surface area contributed by atoms with E-state index in [1.54, 1.807) is 12.4 Å². The van der Waals surface area contributed by atoms with Gasteiger partial charge in [-0.2, -0.15) is 0 Å². The molecule has 1 atom stereocenters. The summed E-state index contributed by atoms with van der Waals surface area (Å²) in [5, 5.41) is 0. The van der Waals surface area contributed by atoms with Gasteiger partial charge < -0.3 is 9.30 Å². The molecule has 1 aromatic carbocycles. The predicted molar refractivity (Wildman–Crippen MR) is 103 cm³/mol. The van der Waals surface area contributed by atoms with Crippen LogP contribution in [0.3, 0.4) is 0 Å². The fourth-order valence-electron chi connectivity index (χ4n) is 3.06. The molecule has 4 heteroatoms. The normalized spacial score (nSPS) is 19.1. The van der Waals surface area contributed by atoms with E-state index >= 15 is 0 Å². The first-order chi connectivity index (χ1) is 12.6. The maximum atomic E-state index is 12.2. The Morgan fingerprint density at radius 3 is 2.88 bits per heavy atom. The van der Waals surface area contributed by atoms with E-state index in [0.29, 0.717) is 12.8 Å². The number of rotatable bonds is 3. The van der Waals surface area contributed by atoms with Gasteiger partial charge in [-0.1, -0.05) is 48.6 Å². The Hall–Kier alpha value is -2.88. The van der Waals surface area contributed by atoms with Crippen LogP contribution in [-0.4, -0.2) is 21.6 Å². The van der Waals surface area contributed by atoms with Crippen LogP contribution in [0, 0.1) is 0 Å². The lowest BCUT2D eigenvalue weighted by molar-refractivity contribution is -0.142. The third-order valence-corrected chi connectivity index (χ3v) is 4.38. The Labute approximate surface area is 154 Å². The zero-order valence-electron chi connectivity index (χ0n) is 15.1. The van der Waals surface area contributed by atoms with Crippen molar-refractivity contribution in [3.63, 3.8) is 0 Å². The average molecular weight is 348 g/mol. The van der Waals surface area contributed by atoms with Gasteiger partial charge in [-0.3, -0.25) is 0 Å². The molecule has 0 saturated carbocycles. The van der Waals surface area contributed by atoms with Gasteiger partial charge in [0.1, 0.15) is 6.10 Å². The summed E-state index contributed by atoms with van der Waals surface area (Å²) in [5.41, 5.74) is 4.41. The van der Waals surface area contributed by atoms with Gasteiger partial charge in [0.2, 0.25) is 0 Å². The highest BCUT2D eigenvalue weighted by molar-refractivity contribution is 5.86. The van der Waals surface area contributed by atoms with E-state index < -0.39 is 0 Å². The van der Waals surface area contributed by atoms with Crippen molar-refractivity contribution in [1.82, 2.24) is 9.55 Å². The van der Waals surface area contributed by atoms with Crippen molar-refractivity contribution in [3.05, 3.63) is 84.0 Å². The summed E-state index contributed by atoms with van der Waals surface area (Å²) in [6.45, 7) is 4.16. The summed E-state index contributed by atoms with van der Waals surface area (Å²) in [7, 11) is 1.89. The second-order valence-corrected chi connectivity index (χ2v) is 6.67. The molecular weight excluding hydrogens is 324 g/mol. The van der Waals surface area contributed by atoms with Crippen molar-refractivity contribution in [1.29, 1.82) is 0 Å². The molecule has 0 radical (unpaired) electrons. The standard InChI is InChI=1S/C22H24N2O2/c1-17-7-3-6-10-21(14-19-9-5-4-8-18(19)13-17)26-22(25)12-11-20-15-24(2)16-23-20/h3-6,8-9,11-12,15-16,21H,1,7,10,13-14H2,2H3/b6-3-,12-11+. The molecule has 2 aromatic rings. The number of hydrogen-bond acceptors (Lipinski definition) is 3. The van der Waals surface area contributed by atoms with Crippen molar-refractivity contribution in [2.24, 2.45) is 7.05 Å². The van der Waals surface area contributed by atoms with E-state index in [9.17, 15) is 4.79 Å². The number of aryl methyl sites for hydroxylation is 1. The Bertz CT molecular complexity index is 845. The fourth-order valence-corrected chi connectivity index (χ4v) is 3.06. The number of allylic oxidation sites excluding steroid dienone is 2. The molecule has 1 aliphatic rings. The molecule has 0 bridgehead atoms. The summed E-state index contributed by atoms with van der Waals surface area (Å²) >= 11 is 0. The first-order valence-electron chi connectivity index (χ1n) is 8.85. The van der Waals surface area contributed by atoms with Crippen LogP contribution < -0.4 is 0 Å². The number of aromatic nitrogens is 2. The number of ether oxygens (including phenoxy) is 1. The summed E-state index contributed by atoms with van der Waals surface area (Å²) in [5.74, 6) is -0.340. The third-order valence-electron chi connectivity index (χ3n) is 4.38. The molecule has 134 valence electrons. The first kappa shape index (κ1) is 17.9. The molecule has 0 amide bonds. The van der Waals surface area contributed by atoms with Crippen LogP contribution in [0.4, 0.5) is 0 Å². The number of esters is 1. The summed E-state index contributed by atoms with van der Waals surface area (Å²) in [6.07, 6.45) is 13.8. The van der Waals surface area contributed by atoms with Gasteiger partial charge in [0, 0.05) is 32.2 Å². The van der Waals surface area contributed by atoms with Gasteiger partial charge in [0.05, 0.1) is 12.0 Å².